The zero-order chi connectivity index (χ0) is 18.2. The normalized spacial score (nSPS) is 11.6. The van der Waals surface area contributed by atoms with Crippen LogP contribution in [0.1, 0.15) is 42.5 Å². The molecule has 0 spiro atoms. The molecule has 0 radical (unpaired) electrons. The molecule has 0 saturated carbocycles. The molecular weight excluding hydrogens is 382 g/mol. The van der Waals surface area contributed by atoms with Gasteiger partial charge in [0.2, 0.25) is 0 Å². The number of nitrogens with one attached hydrogen (secondary N) is 2. The van der Waals surface area contributed by atoms with Gasteiger partial charge in [0.1, 0.15) is 0 Å². The summed E-state index contributed by atoms with van der Waals surface area (Å²) in [4.78, 5) is 12.6. The van der Waals surface area contributed by atoms with E-state index in [0.29, 0.717) is 11.4 Å². The van der Waals surface area contributed by atoms with E-state index in [1.807, 2.05) is 37.3 Å². The number of hydrogen-bond acceptors (Lipinski definition) is 3. The van der Waals surface area contributed by atoms with Crippen molar-refractivity contribution in [2.75, 3.05) is 5.32 Å². The highest BCUT2D eigenvalue weighted by atomic mass is 79.9. The van der Waals surface area contributed by atoms with Gasteiger partial charge in [0.15, 0.2) is 5.82 Å². The third-order valence-electron chi connectivity index (χ3n) is 3.95. The lowest BCUT2D eigenvalue weighted by Crippen LogP contribution is -2.13. The number of aromatic amines is 1. The van der Waals surface area contributed by atoms with E-state index >= 15 is 0 Å². The maximum atomic E-state index is 12.6. The number of rotatable bonds is 3. The van der Waals surface area contributed by atoms with Crippen molar-refractivity contribution < 1.29 is 4.79 Å². The number of benzene rings is 1. The molecule has 2 N–H and O–H groups in total. The van der Waals surface area contributed by atoms with Gasteiger partial charge in [0.05, 0.1) is 23.1 Å². The first kappa shape index (κ1) is 17.4. The van der Waals surface area contributed by atoms with Crippen molar-refractivity contribution in [2.24, 2.45) is 0 Å². The van der Waals surface area contributed by atoms with Crippen LogP contribution < -0.4 is 5.32 Å². The Morgan fingerprint density at radius 2 is 1.92 bits per heavy atom. The number of halogens is 1. The van der Waals surface area contributed by atoms with Crippen LogP contribution in [-0.4, -0.2) is 25.9 Å². The molecule has 3 rings (SSSR count). The zero-order valence-electron chi connectivity index (χ0n) is 14.6. The standard InChI is InChI=1S/C18H20BrN5O/c1-11-14(10-20-24(11)13-7-5-12(19)6-8-13)17(25)21-16-9-15(22-23-16)18(2,3)4/h5-10H,1-4H3,(H2,21,22,23,25). The van der Waals surface area contributed by atoms with E-state index < -0.39 is 0 Å². The van der Waals surface area contributed by atoms with Gasteiger partial charge in [0, 0.05) is 21.6 Å². The molecular formula is C18H20BrN5O. The van der Waals surface area contributed by atoms with Crippen molar-refractivity contribution in [1.82, 2.24) is 20.0 Å². The lowest BCUT2D eigenvalue weighted by Gasteiger charge is -2.14. The Hall–Kier alpha value is -2.41. The summed E-state index contributed by atoms with van der Waals surface area (Å²) in [5.41, 5.74) is 3.09. The number of amides is 1. The van der Waals surface area contributed by atoms with E-state index in [9.17, 15) is 4.79 Å². The largest absolute Gasteiger partial charge is 0.305 e. The van der Waals surface area contributed by atoms with Crippen LogP contribution in [0.5, 0.6) is 0 Å². The Kier molecular flexibility index (Phi) is 4.51. The molecule has 25 heavy (non-hydrogen) atoms. The maximum absolute atomic E-state index is 12.6. The summed E-state index contributed by atoms with van der Waals surface area (Å²) in [7, 11) is 0. The number of carbonyl (C=O) groups excluding carboxylic acids is 1. The number of nitrogens with zero attached hydrogens (tertiary/aromatic N) is 3. The van der Waals surface area contributed by atoms with Gasteiger partial charge in [-0.2, -0.15) is 10.2 Å². The third-order valence-corrected chi connectivity index (χ3v) is 4.48. The van der Waals surface area contributed by atoms with Crippen LogP contribution in [0.4, 0.5) is 5.82 Å². The van der Waals surface area contributed by atoms with Crippen molar-refractivity contribution in [3.05, 3.63) is 58.0 Å². The smallest absolute Gasteiger partial charge is 0.260 e. The van der Waals surface area contributed by atoms with Gasteiger partial charge in [-0.3, -0.25) is 9.89 Å². The fraction of sp³-hybridized carbons (Fsp3) is 0.278. The van der Waals surface area contributed by atoms with Crippen LogP contribution in [0.15, 0.2) is 41.0 Å². The van der Waals surface area contributed by atoms with E-state index in [4.69, 9.17) is 0 Å². The van der Waals surface area contributed by atoms with E-state index in [1.54, 1.807) is 10.9 Å². The quantitative estimate of drug-likeness (QED) is 0.689. The Balaban J connectivity index is 1.81. The molecule has 1 amide bonds. The van der Waals surface area contributed by atoms with Crippen LogP contribution in [0, 0.1) is 6.92 Å². The monoisotopic (exact) mass is 401 g/mol. The molecule has 130 valence electrons. The van der Waals surface area contributed by atoms with Gasteiger partial charge >= 0.3 is 0 Å². The molecule has 0 aliphatic heterocycles. The number of H-pyrrole nitrogens is 1. The summed E-state index contributed by atoms with van der Waals surface area (Å²) in [6.07, 6.45) is 1.57. The molecule has 0 saturated heterocycles. The summed E-state index contributed by atoms with van der Waals surface area (Å²) in [6, 6.07) is 9.61. The highest BCUT2D eigenvalue weighted by molar-refractivity contribution is 9.10. The fourth-order valence-corrected chi connectivity index (χ4v) is 2.69. The molecule has 2 aromatic heterocycles. The Bertz CT molecular complexity index is 902. The van der Waals surface area contributed by atoms with E-state index in [-0.39, 0.29) is 11.3 Å². The van der Waals surface area contributed by atoms with Crippen LogP contribution in [-0.2, 0) is 5.41 Å². The summed E-state index contributed by atoms with van der Waals surface area (Å²) >= 11 is 3.41. The van der Waals surface area contributed by atoms with Gasteiger partial charge in [-0.05, 0) is 31.2 Å². The highest BCUT2D eigenvalue weighted by Gasteiger charge is 2.19. The molecule has 3 aromatic rings. The Morgan fingerprint density at radius 1 is 1.24 bits per heavy atom. The number of carbonyl (C=O) groups is 1. The summed E-state index contributed by atoms with van der Waals surface area (Å²) < 4.78 is 2.74. The second-order valence-electron chi connectivity index (χ2n) is 6.90. The lowest BCUT2D eigenvalue weighted by molar-refractivity contribution is 0.102. The van der Waals surface area contributed by atoms with Gasteiger partial charge in [-0.25, -0.2) is 4.68 Å². The van der Waals surface area contributed by atoms with E-state index in [0.717, 1.165) is 21.5 Å². The van der Waals surface area contributed by atoms with Crippen LogP contribution in [0.3, 0.4) is 0 Å². The van der Waals surface area contributed by atoms with Gasteiger partial charge in [0.25, 0.3) is 5.91 Å². The minimum absolute atomic E-state index is 0.0572. The van der Waals surface area contributed by atoms with Crippen LogP contribution in [0.2, 0.25) is 0 Å². The second-order valence-corrected chi connectivity index (χ2v) is 7.82. The molecule has 0 unspecified atom stereocenters. The SMILES string of the molecule is Cc1c(C(=O)Nc2cc(C(C)(C)C)[nH]n2)cnn1-c1ccc(Br)cc1. The van der Waals surface area contributed by atoms with E-state index in [1.165, 1.54) is 0 Å². The zero-order valence-corrected chi connectivity index (χ0v) is 16.2. The Labute approximate surface area is 154 Å². The molecule has 0 bridgehead atoms. The summed E-state index contributed by atoms with van der Waals surface area (Å²) in [5.74, 6) is 0.276. The molecule has 0 fully saturated rings. The predicted octanol–water partition coefficient (Wildman–Crippen LogP) is 4.22. The minimum Gasteiger partial charge on any atom is -0.305 e. The molecule has 0 aliphatic rings. The van der Waals surface area contributed by atoms with Gasteiger partial charge < -0.3 is 5.32 Å². The number of aromatic nitrogens is 4. The van der Waals surface area contributed by atoms with Crippen molar-refractivity contribution in [3.63, 3.8) is 0 Å². The molecule has 2 heterocycles. The topological polar surface area (TPSA) is 75.6 Å². The first-order chi connectivity index (χ1) is 11.8. The molecule has 0 aliphatic carbocycles. The third kappa shape index (κ3) is 3.66. The first-order valence-electron chi connectivity index (χ1n) is 7.93. The predicted molar refractivity (Wildman–Crippen MR) is 101 cm³/mol. The van der Waals surface area contributed by atoms with E-state index in [2.05, 4.69) is 57.3 Å². The maximum Gasteiger partial charge on any atom is 0.260 e. The molecule has 6 nitrogen and oxygen atoms in total. The van der Waals surface area contributed by atoms with Crippen LogP contribution >= 0.6 is 15.9 Å². The van der Waals surface area contributed by atoms with Crippen molar-refractivity contribution in [3.8, 4) is 5.69 Å². The van der Waals surface area contributed by atoms with Crippen molar-refractivity contribution in [1.29, 1.82) is 0 Å². The van der Waals surface area contributed by atoms with Gasteiger partial charge in [-0.1, -0.05) is 36.7 Å². The van der Waals surface area contributed by atoms with Crippen molar-refractivity contribution >= 4 is 27.7 Å². The number of anilines is 1. The second kappa shape index (κ2) is 6.48. The summed E-state index contributed by atoms with van der Waals surface area (Å²) in [5, 5.41) is 14.3. The highest BCUT2D eigenvalue weighted by Crippen LogP contribution is 2.23. The average Bonchev–Trinajstić information content (AvgIpc) is 3.15. The molecule has 0 atom stereocenters. The first-order valence-corrected chi connectivity index (χ1v) is 8.73. The average molecular weight is 402 g/mol. The minimum atomic E-state index is -0.229. The van der Waals surface area contributed by atoms with Crippen LogP contribution in [0.25, 0.3) is 5.69 Å². The van der Waals surface area contributed by atoms with Crippen molar-refractivity contribution in [2.45, 2.75) is 33.1 Å². The fourth-order valence-electron chi connectivity index (χ4n) is 2.43. The Morgan fingerprint density at radius 3 is 2.52 bits per heavy atom. The lowest BCUT2D eigenvalue weighted by atomic mass is 9.92. The summed E-state index contributed by atoms with van der Waals surface area (Å²) in [6.45, 7) is 8.12. The van der Waals surface area contributed by atoms with Gasteiger partial charge in [-0.15, -0.1) is 0 Å². The number of hydrogen-bond donors (Lipinski definition) is 2. The molecule has 7 heteroatoms. The molecule has 1 aromatic carbocycles.